The van der Waals surface area contributed by atoms with E-state index < -0.39 is 5.97 Å². The summed E-state index contributed by atoms with van der Waals surface area (Å²) in [6.07, 6.45) is 1.08. The smallest absolute Gasteiger partial charge is 0.330 e. The third-order valence-corrected chi connectivity index (χ3v) is 3.06. The fourth-order valence-electron chi connectivity index (χ4n) is 2.00. The summed E-state index contributed by atoms with van der Waals surface area (Å²) in [7, 11) is 0. The first-order chi connectivity index (χ1) is 11.2. The van der Waals surface area contributed by atoms with Gasteiger partial charge in [0.2, 0.25) is 0 Å². The molecular weight excluding hydrogens is 292 g/mol. The third kappa shape index (κ3) is 5.00. The average molecular weight is 310 g/mol. The van der Waals surface area contributed by atoms with Crippen molar-refractivity contribution in [1.29, 1.82) is 0 Å². The average Bonchev–Trinajstić information content (AvgIpc) is 2.59. The van der Waals surface area contributed by atoms with E-state index in [-0.39, 0.29) is 19.2 Å². The van der Waals surface area contributed by atoms with Crippen molar-refractivity contribution in [1.82, 2.24) is 5.32 Å². The van der Waals surface area contributed by atoms with E-state index >= 15 is 0 Å². The lowest BCUT2D eigenvalue weighted by molar-refractivity contribution is -0.137. The van der Waals surface area contributed by atoms with E-state index in [2.05, 4.69) is 17.2 Å². The van der Waals surface area contributed by atoms with Gasteiger partial charge in [0.1, 0.15) is 6.61 Å². The van der Waals surface area contributed by atoms with Crippen LogP contribution in [0.4, 0.5) is 10.5 Å². The van der Waals surface area contributed by atoms with Crippen molar-refractivity contribution in [2.75, 3.05) is 18.5 Å². The van der Waals surface area contributed by atoms with Crippen molar-refractivity contribution in [3.8, 4) is 11.1 Å². The lowest BCUT2D eigenvalue weighted by Crippen LogP contribution is -2.32. The molecule has 118 valence electrons. The maximum atomic E-state index is 11.9. The molecule has 0 heterocycles. The molecular formula is C18H18N2O3. The molecule has 0 aromatic heterocycles. The van der Waals surface area contributed by atoms with E-state index in [4.69, 9.17) is 4.74 Å². The highest BCUT2D eigenvalue weighted by molar-refractivity contribution is 5.94. The fraction of sp³-hybridized carbons (Fsp3) is 0.111. The second kappa shape index (κ2) is 8.38. The Balaban J connectivity index is 1.94. The van der Waals surface area contributed by atoms with Gasteiger partial charge in [-0.1, -0.05) is 55.1 Å². The highest BCUT2D eigenvalue weighted by Gasteiger charge is 2.07. The largest absolute Gasteiger partial charge is 0.461 e. The number of nitrogens with one attached hydrogen (secondary N) is 2. The molecule has 0 saturated heterocycles. The molecule has 0 aliphatic heterocycles. The topological polar surface area (TPSA) is 67.4 Å². The van der Waals surface area contributed by atoms with E-state index in [1.807, 2.05) is 54.6 Å². The number of carbonyl (C=O) groups excluding carboxylic acids is 2. The van der Waals surface area contributed by atoms with Gasteiger partial charge >= 0.3 is 12.0 Å². The van der Waals surface area contributed by atoms with Crippen molar-refractivity contribution in [3.63, 3.8) is 0 Å². The molecule has 0 atom stereocenters. The van der Waals surface area contributed by atoms with Gasteiger partial charge in [0.05, 0.1) is 12.2 Å². The van der Waals surface area contributed by atoms with Gasteiger partial charge in [0.15, 0.2) is 0 Å². The van der Waals surface area contributed by atoms with Crippen LogP contribution >= 0.6 is 0 Å². The number of esters is 1. The number of amides is 2. The zero-order chi connectivity index (χ0) is 16.5. The second-order valence-electron chi connectivity index (χ2n) is 4.66. The minimum Gasteiger partial charge on any atom is -0.461 e. The van der Waals surface area contributed by atoms with Crippen LogP contribution in [-0.4, -0.2) is 25.2 Å². The molecule has 0 aliphatic rings. The zero-order valence-electron chi connectivity index (χ0n) is 12.6. The quantitative estimate of drug-likeness (QED) is 0.489. The van der Waals surface area contributed by atoms with Crippen molar-refractivity contribution in [3.05, 3.63) is 67.3 Å². The molecule has 5 nitrogen and oxygen atoms in total. The predicted octanol–water partition coefficient (Wildman–Crippen LogP) is 3.20. The molecule has 2 aromatic rings. The molecule has 2 N–H and O–H groups in total. The van der Waals surface area contributed by atoms with Crippen LogP contribution in [0.5, 0.6) is 0 Å². The standard InChI is InChI=1S/C18H18N2O3/c1-2-17(21)23-13-12-19-18(22)20-16-11-7-6-10-15(16)14-8-4-3-5-9-14/h2-11H,1,12-13H2,(H2,19,20,22). The molecule has 2 rings (SSSR count). The van der Waals surface area contributed by atoms with Crippen LogP contribution < -0.4 is 10.6 Å². The van der Waals surface area contributed by atoms with Crippen LogP contribution in [0.25, 0.3) is 11.1 Å². The van der Waals surface area contributed by atoms with Crippen molar-refractivity contribution in [2.45, 2.75) is 0 Å². The van der Waals surface area contributed by atoms with Crippen LogP contribution in [0.2, 0.25) is 0 Å². The number of anilines is 1. The predicted molar refractivity (Wildman–Crippen MR) is 90.1 cm³/mol. The summed E-state index contributed by atoms with van der Waals surface area (Å²) in [6.45, 7) is 3.61. The summed E-state index contributed by atoms with van der Waals surface area (Å²) in [5.74, 6) is -0.512. The van der Waals surface area contributed by atoms with Gasteiger partial charge in [-0.3, -0.25) is 0 Å². The number of urea groups is 1. The second-order valence-corrected chi connectivity index (χ2v) is 4.66. The normalized spacial score (nSPS) is 9.74. The highest BCUT2D eigenvalue weighted by atomic mass is 16.5. The Morgan fingerprint density at radius 3 is 2.48 bits per heavy atom. The third-order valence-electron chi connectivity index (χ3n) is 3.06. The zero-order valence-corrected chi connectivity index (χ0v) is 12.6. The molecule has 2 aromatic carbocycles. The van der Waals surface area contributed by atoms with Gasteiger partial charge in [-0.2, -0.15) is 0 Å². The van der Waals surface area contributed by atoms with Gasteiger partial charge in [-0.05, 0) is 11.6 Å². The number of ether oxygens (including phenoxy) is 1. The van der Waals surface area contributed by atoms with Crippen LogP contribution in [0.3, 0.4) is 0 Å². The molecule has 0 aliphatic carbocycles. The Hall–Kier alpha value is -3.08. The summed E-state index contributed by atoms with van der Waals surface area (Å²) in [5.41, 5.74) is 2.66. The summed E-state index contributed by atoms with van der Waals surface area (Å²) in [5, 5.41) is 5.43. The van der Waals surface area contributed by atoms with E-state index in [0.717, 1.165) is 17.2 Å². The first kappa shape index (κ1) is 16.3. The van der Waals surface area contributed by atoms with E-state index in [0.29, 0.717) is 5.69 Å². The Kier molecular flexibility index (Phi) is 5.94. The summed E-state index contributed by atoms with van der Waals surface area (Å²) < 4.78 is 4.79. The van der Waals surface area contributed by atoms with Gasteiger partial charge in [0, 0.05) is 11.6 Å². The molecule has 0 bridgehead atoms. The minimum atomic E-state index is -0.512. The highest BCUT2D eigenvalue weighted by Crippen LogP contribution is 2.27. The lowest BCUT2D eigenvalue weighted by Gasteiger charge is -2.12. The SMILES string of the molecule is C=CC(=O)OCCNC(=O)Nc1ccccc1-c1ccccc1. The maximum absolute atomic E-state index is 11.9. The number of carbonyl (C=O) groups is 2. The number of rotatable bonds is 6. The number of hydrogen-bond donors (Lipinski definition) is 2. The molecule has 0 radical (unpaired) electrons. The van der Waals surface area contributed by atoms with Gasteiger partial charge in [0.25, 0.3) is 0 Å². The molecule has 0 saturated carbocycles. The molecule has 23 heavy (non-hydrogen) atoms. The van der Waals surface area contributed by atoms with E-state index in [1.165, 1.54) is 0 Å². The van der Waals surface area contributed by atoms with Gasteiger partial charge < -0.3 is 15.4 Å². The monoisotopic (exact) mass is 310 g/mol. The van der Waals surface area contributed by atoms with Crippen molar-refractivity contribution in [2.24, 2.45) is 0 Å². The fourth-order valence-corrected chi connectivity index (χ4v) is 2.00. The number of benzene rings is 2. The number of para-hydroxylation sites is 1. The molecule has 0 unspecified atom stereocenters. The molecule has 0 fully saturated rings. The van der Waals surface area contributed by atoms with Crippen LogP contribution in [-0.2, 0) is 9.53 Å². The summed E-state index contributed by atoms with van der Waals surface area (Å²) in [4.78, 5) is 22.8. The molecule has 5 heteroatoms. The Bertz CT molecular complexity index is 684. The number of hydrogen-bond acceptors (Lipinski definition) is 3. The Morgan fingerprint density at radius 2 is 1.74 bits per heavy atom. The van der Waals surface area contributed by atoms with Crippen LogP contribution in [0.15, 0.2) is 67.3 Å². The van der Waals surface area contributed by atoms with E-state index in [1.54, 1.807) is 0 Å². The summed E-state index contributed by atoms with van der Waals surface area (Å²) >= 11 is 0. The molecule has 2 amide bonds. The van der Waals surface area contributed by atoms with Crippen LogP contribution in [0.1, 0.15) is 0 Å². The first-order valence-electron chi connectivity index (χ1n) is 7.19. The van der Waals surface area contributed by atoms with Crippen molar-refractivity contribution < 1.29 is 14.3 Å². The maximum Gasteiger partial charge on any atom is 0.330 e. The van der Waals surface area contributed by atoms with Crippen molar-refractivity contribution >= 4 is 17.7 Å². The first-order valence-corrected chi connectivity index (χ1v) is 7.19. The van der Waals surface area contributed by atoms with E-state index in [9.17, 15) is 9.59 Å². The van der Waals surface area contributed by atoms with Gasteiger partial charge in [-0.25, -0.2) is 9.59 Å². The summed E-state index contributed by atoms with van der Waals surface area (Å²) in [6, 6.07) is 17.0. The minimum absolute atomic E-state index is 0.0958. The molecule has 0 spiro atoms. The van der Waals surface area contributed by atoms with Crippen LogP contribution in [0, 0.1) is 0 Å². The van der Waals surface area contributed by atoms with Gasteiger partial charge in [-0.15, -0.1) is 0 Å². The Morgan fingerprint density at radius 1 is 1.04 bits per heavy atom. The Labute approximate surface area is 135 Å². The lowest BCUT2D eigenvalue weighted by atomic mass is 10.0.